The zero-order valence-corrected chi connectivity index (χ0v) is 11.9. The Morgan fingerprint density at radius 2 is 1.81 bits per heavy atom. The fourth-order valence-corrected chi connectivity index (χ4v) is 2.51. The Balaban J connectivity index is 2.22. The van der Waals surface area contributed by atoms with Crippen LogP contribution in [0, 0.1) is 0 Å². The molecule has 0 aliphatic rings. The zero-order valence-electron chi connectivity index (χ0n) is 11.1. The molecule has 0 saturated carbocycles. The van der Waals surface area contributed by atoms with Gasteiger partial charge >= 0.3 is 0 Å². The minimum atomic E-state index is -0.478. The monoisotopic (exact) mass is 295 g/mol. The van der Waals surface area contributed by atoms with Crippen molar-refractivity contribution in [3.05, 3.63) is 59.8 Å². The van der Waals surface area contributed by atoms with E-state index in [1.165, 1.54) is 0 Å². The number of rotatable bonds is 3. The molecule has 104 valence electrons. The Morgan fingerprint density at radius 1 is 1.05 bits per heavy atom. The number of hydrogen-bond donors (Lipinski definition) is 3. The van der Waals surface area contributed by atoms with Crippen molar-refractivity contribution < 1.29 is 4.79 Å². The molecule has 3 aromatic rings. The number of H-pyrrole nitrogens is 1. The van der Waals surface area contributed by atoms with E-state index in [4.69, 9.17) is 23.7 Å². The smallest absolute Gasteiger partial charge is 0.265 e. The van der Waals surface area contributed by atoms with Crippen molar-refractivity contribution in [1.82, 2.24) is 4.98 Å². The van der Waals surface area contributed by atoms with Crippen molar-refractivity contribution >= 4 is 34.0 Å². The molecule has 1 amide bonds. The van der Waals surface area contributed by atoms with Gasteiger partial charge < -0.3 is 16.5 Å². The molecule has 2 aromatic carbocycles. The lowest BCUT2D eigenvalue weighted by Gasteiger charge is -2.06. The SMILES string of the molecule is NC(=O)c1cc2c(-c3cccc(C(N)=S)c3)cccc2[nH]1. The summed E-state index contributed by atoms with van der Waals surface area (Å²) in [6, 6.07) is 15.3. The molecule has 5 N–H and O–H groups in total. The van der Waals surface area contributed by atoms with Gasteiger partial charge in [-0.3, -0.25) is 4.79 Å². The van der Waals surface area contributed by atoms with Gasteiger partial charge in [-0.2, -0.15) is 0 Å². The molecule has 5 heteroatoms. The van der Waals surface area contributed by atoms with E-state index in [1.807, 2.05) is 42.5 Å². The second-order valence-electron chi connectivity index (χ2n) is 4.76. The van der Waals surface area contributed by atoms with Crippen LogP contribution in [0.5, 0.6) is 0 Å². The normalized spacial score (nSPS) is 10.7. The van der Waals surface area contributed by atoms with Crippen LogP contribution in [-0.4, -0.2) is 15.9 Å². The molecule has 0 bridgehead atoms. The lowest BCUT2D eigenvalue weighted by Crippen LogP contribution is -2.10. The van der Waals surface area contributed by atoms with E-state index >= 15 is 0 Å². The summed E-state index contributed by atoms with van der Waals surface area (Å²) in [7, 11) is 0. The highest BCUT2D eigenvalue weighted by molar-refractivity contribution is 7.80. The first-order chi connectivity index (χ1) is 10.1. The number of fused-ring (bicyclic) bond motifs is 1. The van der Waals surface area contributed by atoms with E-state index in [1.54, 1.807) is 6.07 Å². The summed E-state index contributed by atoms with van der Waals surface area (Å²) in [5.41, 5.74) is 15.1. The molecular formula is C16H13N3OS. The number of benzene rings is 2. The summed E-state index contributed by atoms with van der Waals surface area (Å²) >= 11 is 5.02. The Hall–Kier alpha value is -2.66. The number of thiocarbonyl (C=S) groups is 1. The fourth-order valence-electron chi connectivity index (χ4n) is 2.38. The predicted octanol–water partition coefficient (Wildman–Crippen LogP) is 2.57. The number of carbonyl (C=O) groups excluding carboxylic acids is 1. The summed E-state index contributed by atoms with van der Waals surface area (Å²) in [6.45, 7) is 0. The number of aromatic nitrogens is 1. The van der Waals surface area contributed by atoms with Gasteiger partial charge in [0.1, 0.15) is 10.7 Å². The molecule has 0 fully saturated rings. The summed E-state index contributed by atoms with van der Waals surface area (Å²) in [5, 5.41) is 0.936. The number of primary amides is 1. The average Bonchev–Trinajstić information content (AvgIpc) is 2.91. The maximum Gasteiger partial charge on any atom is 0.265 e. The van der Waals surface area contributed by atoms with Gasteiger partial charge in [-0.15, -0.1) is 0 Å². The molecule has 0 atom stereocenters. The first kappa shape index (κ1) is 13.3. The minimum Gasteiger partial charge on any atom is -0.389 e. The number of aromatic amines is 1. The van der Waals surface area contributed by atoms with Gasteiger partial charge in [-0.1, -0.05) is 42.5 Å². The van der Waals surface area contributed by atoms with E-state index < -0.39 is 5.91 Å². The van der Waals surface area contributed by atoms with Crippen molar-refractivity contribution in [1.29, 1.82) is 0 Å². The molecule has 21 heavy (non-hydrogen) atoms. The molecule has 0 unspecified atom stereocenters. The Labute approximate surface area is 126 Å². The van der Waals surface area contributed by atoms with E-state index in [0.29, 0.717) is 10.7 Å². The molecule has 0 aliphatic heterocycles. The van der Waals surface area contributed by atoms with E-state index in [0.717, 1.165) is 27.6 Å². The van der Waals surface area contributed by atoms with E-state index in [2.05, 4.69) is 4.98 Å². The predicted molar refractivity (Wildman–Crippen MR) is 88.1 cm³/mol. The number of carbonyl (C=O) groups is 1. The standard InChI is InChI=1S/C16H13N3OS/c17-15(20)14-8-12-11(5-2-6-13(12)19-14)9-3-1-4-10(7-9)16(18)21/h1-8,19H,(H2,17,20)(H2,18,21). The van der Waals surface area contributed by atoms with Crippen LogP contribution >= 0.6 is 12.2 Å². The van der Waals surface area contributed by atoms with Crippen molar-refractivity contribution in [2.45, 2.75) is 0 Å². The van der Waals surface area contributed by atoms with Crippen molar-refractivity contribution in [3.63, 3.8) is 0 Å². The average molecular weight is 295 g/mol. The Bertz CT molecular complexity index is 867. The van der Waals surface area contributed by atoms with Crippen LogP contribution in [0.25, 0.3) is 22.0 Å². The second-order valence-corrected chi connectivity index (χ2v) is 5.20. The fraction of sp³-hybridized carbons (Fsp3) is 0. The van der Waals surface area contributed by atoms with E-state index in [-0.39, 0.29) is 0 Å². The lowest BCUT2D eigenvalue weighted by atomic mass is 10.00. The second kappa shape index (κ2) is 5.03. The molecular weight excluding hydrogens is 282 g/mol. The maximum absolute atomic E-state index is 11.3. The highest BCUT2D eigenvalue weighted by Crippen LogP contribution is 2.29. The van der Waals surface area contributed by atoms with Gasteiger partial charge in [0.2, 0.25) is 0 Å². The summed E-state index contributed by atoms with van der Waals surface area (Å²) in [4.78, 5) is 14.7. The van der Waals surface area contributed by atoms with Crippen LogP contribution in [0.1, 0.15) is 16.1 Å². The first-order valence-electron chi connectivity index (χ1n) is 6.38. The van der Waals surface area contributed by atoms with Crippen LogP contribution in [0.4, 0.5) is 0 Å². The highest BCUT2D eigenvalue weighted by Gasteiger charge is 2.10. The summed E-state index contributed by atoms with van der Waals surface area (Å²) in [6.07, 6.45) is 0. The number of nitrogens with one attached hydrogen (secondary N) is 1. The lowest BCUT2D eigenvalue weighted by molar-refractivity contribution is 0.0996. The Kier molecular flexibility index (Phi) is 3.19. The van der Waals surface area contributed by atoms with Gasteiger partial charge in [0, 0.05) is 16.5 Å². The van der Waals surface area contributed by atoms with Crippen LogP contribution in [-0.2, 0) is 0 Å². The zero-order chi connectivity index (χ0) is 15.0. The third kappa shape index (κ3) is 2.39. The molecule has 0 aliphatic carbocycles. The first-order valence-corrected chi connectivity index (χ1v) is 6.79. The van der Waals surface area contributed by atoms with Crippen molar-refractivity contribution in [3.8, 4) is 11.1 Å². The van der Waals surface area contributed by atoms with Crippen molar-refractivity contribution in [2.24, 2.45) is 11.5 Å². The van der Waals surface area contributed by atoms with Gasteiger partial charge in [-0.05, 0) is 29.3 Å². The van der Waals surface area contributed by atoms with Gasteiger partial charge in [0.05, 0.1) is 0 Å². The van der Waals surface area contributed by atoms with Gasteiger partial charge in [0.15, 0.2) is 0 Å². The molecule has 0 spiro atoms. The third-order valence-electron chi connectivity index (χ3n) is 3.39. The van der Waals surface area contributed by atoms with E-state index in [9.17, 15) is 4.79 Å². The van der Waals surface area contributed by atoms with Crippen molar-refractivity contribution in [2.75, 3.05) is 0 Å². The minimum absolute atomic E-state index is 0.357. The quantitative estimate of drug-likeness (QED) is 0.649. The molecule has 4 nitrogen and oxygen atoms in total. The van der Waals surface area contributed by atoms with Gasteiger partial charge in [-0.25, -0.2) is 0 Å². The number of hydrogen-bond acceptors (Lipinski definition) is 2. The highest BCUT2D eigenvalue weighted by atomic mass is 32.1. The molecule has 3 rings (SSSR count). The largest absolute Gasteiger partial charge is 0.389 e. The Morgan fingerprint density at radius 3 is 2.52 bits per heavy atom. The summed E-state index contributed by atoms with van der Waals surface area (Å²) in [5.74, 6) is -0.478. The van der Waals surface area contributed by atoms with Crippen LogP contribution in [0.2, 0.25) is 0 Å². The molecule has 0 radical (unpaired) electrons. The van der Waals surface area contributed by atoms with Gasteiger partial charge in [0.25, 0.3) is 5.91 Å². The number of amides is 1. The van der Waals surface area contributed by atoms with Crippen LogP contribution < -0.4 is 11.5 Å². The maximum atomic E-state index is 11.3. The number of nitrogens with two attached hydrogens (primary N) is 2. The third-order valence-corrected chi connectivity index (χ3v) is 3.62. The molecule has 1 aromatic heterocycles. The topological polar surface area (TPSA) is 84.9 Å². The van der Waals surface area contributed by atoms with Crippen LogP contribution in [0.15, 0.2) is 48.5 Å². The van der Waals surface area contributed by atoms with Crippen LogP contribution in [0.3, 0.4) is 0 Å². The summed E-state index contributed by atoms with van der Waals surface area (Å²) < 4.78 is 0. The molecule has 1 heterocycles. The molecule has 0 saturated heterocycles.